The molecule has 28 heavy (non-hydrogen) atoms. The van der Waals surface area contributed by atoms with Gasteiger partial charge in [0.2, 0.25) is 0 Å². The first-order valence-electron chi connectivity index (χ1n) is 9.59. The van der Waals surface area contributed by atoms with Crippen molar-refractivity contribution >= 4 is 27.1 Å². The number of hydrogen-bond donors (Lipinski definition) is 0. The summed E-state index contributed by atoms with van der Waals surface area (Å²) < 4.78 is 29.5. The average Bonchev–Trinajstić information content (AvgIpc) is 3.38. The highest BCUT2D eigenvalue weighted by atomic mass is 32.2. The summed E-state index contributed by atoms with van der Waals surface area (Å²) in [5.74, 6) is 1.39. The second kappa shape index (κ2) is 8.75. The number of rotatable bonds is 8. The van der Waals surface area contributed by atoms with E-state index < -0.39 is 9.84 Å². The van der Waals surface area contributed by atoms with Crippen molar-refractivity contribution in [3.05, 3.63) is 29.0 Å². The smallest absolute Gasteiger partial charge is 0.273 e. The van der Waals surface area contributed by atoms with Gasteiger partial charge in [-0.15, -0.1) is 11.3 Å². The highest BCUT2D eigenvalue weighted by molar-refractivity contribution is 7.91. The lowest BCUT2D eigenvalue weighted by atomic mass is 10.2. The molecule has 1 atom stereocenters. The fraction of sp³-hybridized carbons (Fsp3) is 0.579. The van der Waals surface area contributed by atoms with Gasteiger partial charge in [0.1, 0.15) is 11.5 Å². The maximum absolute atomic E-state index is 13.2. The van der Waals surface area contributed by atoms with Crippen molar-refractivity contribution in [3.63, 3.8) is 0 Å². The van der Waals surface area contributed by atoms with Gasteiger partial charge in [0.05, 0.1) is 11.5 Å². The predicted molar refractivity (Wildman–Crippen MR) is 110 cm³/mol. The molecule has 0 N–H and O–H groups in total. The van der Waals surface area contributed by atoms with Crippen LogP contribution in [0.4, 0.5) is 0 Å². The first-order valence-corrected chi connectivity index (χ1v) is 12.3. The molecule has 1 aliphatic rings. The van der Waals surface area contributed by atoms with Crippen LogP contribution in [0, 0.1) is 6.92 Å². The highest BCUT2D eigenvalue weighted by Crippen LogP contribution is 2.27. The van der Waals surface area contributed by atoms with Gasteiger partial charge in [0.25, 0.3) is 5.91 Å². The number of nitrogens with zero attached hydrogens (tertiary/aromatic N) is 3. The van der Waals surface area contributed by atoms with Crippen LogP contribution in [0.2, 0.25) is 0 Å². The maximum atomic E-state index is 13.2. The van der Waals surface area contributed by atoms with Gasteiger partial charge in [-0.1, -0.05) is 13.8 Å². The van der Waals surface area contributed by atoms with Crippen LogP contribution in [0.25, 0.3) is 10.8 Å². The molecule has 2 aromatic heterocycles. The van der Waals surface area contributed by atoms with Crippen molar-refractivity contribution in [1.82, 2.24) is 14.8 Å². The Morgan fingerprint density at radius 3 is 2.61 bits per heavy atom. The summed E-state index contributed by atoms with van der Waals surface area (Å²) >= 11 is 1.36. The maximum Gasteiger partial charge on any atom is 0.273 e. The number of sulfone groups is 1. The van der Waals surface area contributed by atoms with Gasteiger partial charge in [0.15, 0.2) is 20.6 Å². The Kier molecular flexibility index (Phi) is 6.57. The van der Waals surface area contributed by atoms with Crippen molar-refractivity contribution < 1.29 is 17.6 Å². The molecule has 0 bridgehead atoms. The van der Waals surface area contributed by atoms with Crippen molar-refractivity contribution in [2.24, 2.45) is 0 Å². The Morgan fingerprint density at radius 2 is 2.04 bits per heavy atom. The third kappa shape index (κ3) is 4.82. The summed E-state index contributed by atoms with van der Waals surface area (Å²) in [5.41, 5.74) is 0.345. The van der Waals surface area contributed by atoms with E-state index in [4.69, 9.17) is 4.42 Å². The lowest BCUT2D eigenvalue weighted by Crippen LogP contribution is -2.45. The molecule has 3 rings (SSSR count). The number of aryl methyl sites for hydroxylation is 1. The van der Waals surface area contributed by atoms with Gasteiger partial charge < -0.3 is 14.2 Å². The number of carbonyl (C=O) groups is 1. The molecule has 0 aromatic carbocycles. The molecular formula is C19H27N3O4S2. The molecule has 0 radical (unpaired) electrons. The minimum atomic E-state index is -3.08. The molecule has 154 valence electrons. The van der Waals surface area contributed by atoms with Crippen LogP contribution in [0.5, 0.6) is 0 Å². The number of furan rings is 1. The molecule has 1 fully saturated rings. The first kappa shape index (κ1) is 21.0. The van der Waals surface area contributed by atoms with Crippen molar-refractivity contribution in [1.29, 1.82) is 0 Å². The Morgan fingerprint density at radius 1 is 1.29 bits per heavy atom. The SMILES string of the molecule is CCN(CC)CCN(C(=O)c1csc(-c2ccc(C)o2)n1)C1CCS(=O)(=O)C1. The Bertz CT molecular complexity index is 915. The number of hydrogen-bond acceptors (Lipinski definition) is 7. The lowest BCUT2D eigenvalue weighted by Gasteiger charge is -2.30. The van der Waals surface area contributed by atoms with Gasteiger partial charge in [-0.05, 0) is 38.6 Å². The van der Waals surface area contributed by atoms with E-state index in [1.54, 1.807) is 10.3 Å². The molecule has 1 amide bonds. The van der Waals surface area contributed by atoms with Gasteiger partial charge in [-0.3, -0.25) is 4.79 Å². The second-order valence-electron chi connectivity index (χ2n) is 7.03. The van der Waals surface area contributed by atoms with E-state index in [1.807, 2.05) is 19.1 Å². The quantitative estimate of drug-likeness (QED) is 0.647. The van der Waals surface area contributed by atoms with Crippen LogP contribution in [-0.2, 0) is 9.84 Å². The standard InChI is InChI=1S/C19H27N3O4S2/c1-4-21(5-2)9-10-22(15-8-11-28(24,25)13-15)19(23)16-12-27-18(20-16)17-7-6-14(3)26-17/h6-7,12,15H,4-5,8-11,13H2,1-3H3. The third-order valence-electron chi connectivity index (χ3n) is 5.14. The molecule has 7 nitrogen and oxygen atoms in total. The minimum absolute atomic E-state index is 0.0331. The number of likely N-dealkylation sites (N-methyl/N-ethyl adjacent to an activating group) is 1. The molecule has 0 saturated carbocycles. The number of amides is 1. The van der Waals surface area contributed by atoms with E-state index in [0.29, 0.717) is 36.0 Å². The summed E-state index contributed by atoms with van der Waals surface area (Å²) in [7, 11) is -3.08. The van der Waals surface area contributed by atoms with Gasteiger partial charge in [-0.2, -0.15) is 0 Å². The molecule has 1 unspecified atom stereocenters. The van der Waals surface area contributed by atoms with Gasteiger partial charge in [-0.25, -0.2) is 13.4 Å². The van der Waals surface area contributed by atoms with Crippen molar-refractivity contribution in [2.75, 3.05) is 37.7 Å². The molecule has 1 saturated heterocycles. The molecule has 2 aromatic rings. The zero-order valence-corrected chi connectivity index (χ0v) is 18.2. The van der Waals surface area contributed by atoms with Crippen LogP contribution in [-0.4, -0.2) is 72.8 Å². The summed E-state index contributed by atoms with van der Waals surface area (Å²) in [6.07, 6.45) is 0.487. The molecular weight excluding hydrogens is 398 g/mol. The highest BCUT2D eigenvalue weighted by Gasteiger charge is 2.35. The summed E-state index contributed by atoms with van der Waals surface area (Å²) in [5, 5.41) is 2.38. The van der Waals surface area contributed by atoms with E-state index in [0.717, 1.165) is 18.8 Å². The fourth-order valence-electron chi connectivity index (χ4n) is 3.44. The van der Waals surface area contributed by atoms with Crippen LogP contribution >= 0.6 is 11.3 Å². The normalized spacial score (nSPS) is 18.6. The zero-order chi connectivity index (χ0) is 20.3. The first-order chi connectivity index (χ1) is 13.3. The average molecular weight is 426 g/mol. The van der Waals surface area contributed by atoms with E-state index >= 15 is 0 Å². The topological polar surface area (TPSA) is 83.7 Å². The molecule has 1 aliphatic heterocycles. The van der Waals surface area contributed by atoms with Crippen LogP contribution in [0.1, 0.15) is 36.5 Å². The third-order valence-corrected chi connectivity index (χ3v) is 7.74. The van der Waals surface area contributed by atoms with E-state index in [-0.39, 0.29) is 23.5 Å². The summed E-state index contributed by atoms with van der Waals surface area (Å²) in [4.78, 5) is 21.6. The Balaban J connectivity index is 1.80. The van der Waals surface area contributed by atoms with Crippen LogP contribution < -0.4 is 0 Å². The summed E-state index contributed by atoms with van der Waals surface area (Å²) in [6.45, 7) is 9.00. The molecule has 3 heterocycles. The molecule has 0 spiro atoms. The van der Waals surface area contributed by atoms with Gasteiger partial charge in [0, 0.05) is 24.5 Å². The molecule has 0 aliphatic carbocycles. The summed E-state index contributed by atoms with van der Waals surface area (Å²) in [6, 6.07) is 3.41. The Labute approximate surface area is 170 Å². The second-order valence-corrected chi connectivity index (χ2v) is 10.1. The van der Waals surface area contributed by atoms with Crippen molar-refractivity contribution in [3.8, 4) is 10.8 Å². The van der Waals surface area contributed by atoms with E-state index in [2.05, 4.69) is 23.7 Å². The zero-order valence-electron chi connectivity index (χ0n) is 16.6. The lowest BCUT2D eigenvalue weighted by molar-refractivity contribution is 0.0669. The minimum Gasteiger partial charge on any atom is -0.459 e. The largest absolute Gasteiger partial charge is 0.459 e. The van der Waals surface area contributed by atoms with Crippen molar-refractivity contribution in [2.45, 2.75) is 33.2 Å². The predicted octanol–water partition coefficient (Wildman–Crippen LogP) is 2.68. The van der Waals surface area contributed by atoms with E-state index in [1.165, 1.54) is 11.3 Å². The van der Waals surface area contributed by atoms with Crippen LogP contribution in [0.3, 0.4) is 0 Å². The van der Waals surface area contributed by atoms with E-state index in [9.17, 15) is 13.2 Å². The number of carbonyl (C=O) groups excluding carboxylic acids is 1. The Hall–Kier alpha value is -1.71. The molecule has 9 heteroatoms. The monoisotopic (exact) mass is 425 g/mol. The number of thiazole rings is 1. The van der Waals surface area contributed by atoms with Crippen LogP contribution in [0.15, 0.2) is 21.9 Å². The fourth-order valence-corrected chi connectivity index (χ4v) is 5.93. The number of aromatic nitrogens is 1. The van der Waals surface area contributed by atoms with Gasteiger partial charge >= 0.3 is 0 Å².